The average molecular weight is 428 g/mol. The topological polar surface area (TPSA) is 88.1 Å². The molecule has 0 saturated heterocycles. The van der Waals surface area contributed by atoms with Crippen LogP contribution in [0.3, 0.4) is 0 Å². The van der Waals surface area contributed by atoms with E-state index in [-0.39, 0.29) is 18.2 Å². The minimum Gasteiger partial charge on any atom is -0.355 e. The second-order valence-electron chi connectivity index (χ2n) is 7.65. The quantitative estimate of drug-likeness (QED) is 0.431. The summed E-state index contributed by atoms with van der Waals surface area (Å²) >= 11 is 0. The summed E-state index contributed by atoms with van der Waals surface area (Å²) in [5, 5.41) is 9.84. The van der Waals surface area contributed by atoms with Crippen molar-refractivity contribution in [2.75, 3.05) is 17.7 Å². The maximum absolute atomic E-state index is 13.0. The largest absolute Gasteiger partial charge is 0.355 e. The van der Waals surface area contributed by atoms with E-state index in [0.29, 0.717) is 17.1 Å². The lowest BCUT2D eigenvalue weighted by Crippen LogP contribution is -2.20. The Morgan fingerprint density at radius 1 is 1.03 bits per heavy atom. The Morgan fingerprint density at radius 2 is 1.78 bits per heavy atom. The van der Waals surface area contributed by atoms with Gasteiger partial charge in [-0.15, -0.1) is 0 Å². The molecular formula is C25H25N5O2. The predicted molar refractivity (Wildman–Crippen MR) is 127 cm³/mol. The van der Waals surface area contributed by atoms with Gasteiger partial charge in [0.05, 0.1) is 17.7 Å². The molecule has 3 N–H and O–H groups in total. The number of nitrogens with one attached hydrogen (secondary N) is 3. The number of nitrogens with zero attached hydrogens (tertiary/aromatic N) is 2. The smallest absolute Gasteiger partial charge is 0.252 e. The Kier molecular flexibility index (Phi) is 5.89. The fourth-order valence-corrected chi connectivity index (χ4v) is 3.70. The van der Waals surface area contributed by atoms with Crippen LogP contribution in [0.5, 0.6) is 0 Å². The number of para-hydroxylation sites is 2. The number of hydrogen-bond acceptors (Lipinski definition) is 4. The molecule has 0 saturated carbocycles. The summed E-state index contributed by atoms with van der Waals surface area (Å²) < 4.78 is 2.01. The van der Waals surface area contributed by atoms with Gasteiger partial charge in [0.25, 0.3) is 5.91 Å². The minimum atomic E-state index is -0.274. The summed E-state index contributed by atoms with van der Waals surface area (Å²) in [6.07, 6.45) is 3.66. The fraction of sp³-hybridized carbons (Fsp3) is 0.160. The number of hydrogen-bond donors (Lipinski definition) is 3. The molecule has 4 aromatic rings. The van der Waals surface area contributed by atoms with Gasteiger partial charge in [-0.3, -0.25) is 9.59 Å². The van der Waals surface area contributed by atoms with E-state index in [0.717, 1.165) is 27.7 Å². The number of aromatic nitrogens is 2. The lowest BCUT2D eigenvalue weighted by atomic mass is 10.1. The van der Waals surface area contributed by atoms with Crippen molar-refractivity contribution in [2.24, 2.45) is 7.05 Å². The lowest BCUT2D eigenvalue weighted by molar-refractivity contribution is -0.115. The summed E-state index contributed by atoms with van der Waals surface area (Å²) in [7, 11) is 3.52. The van der Waals surface area contributed by atoms with Gasteiger partial charge in [0.1, 0.15) is 0 Å². The van der Waals surface area contributed by atoms with Crippen LogP contribution in [0.4, 0.5) is 17.2 Å². The van der Waals surface area contributed by atoms with Crippen molar-refractivity contribution in [3.8, 4) is 0 Å². The highest BCUT2D eigenvalue weighted by molar-refractivity contribution is 6.00. The summed E-state index contributed by atoms with van der Waals surface area (Å²) in [5.74, 6) is 0.00719. The van der Waals surface area contributed by atoms with Crippen molar-refractivity contribution in [1.82, 2.24) is 14.9 Å². The van der Waals surface area contributed by atoms with Crippen LogP contribution in [0.15, 0.2) is 67.0 Å². The molecule has 0 atom stereocenters. The number of pyridine rings is 1. The van der Waals surface area contributed by atoms with Crippen molar-refractivity contribution in [3.63, 3.8) is 0 Å². The molecule has 2 heterocycles. The molecule has 0 fully saturated rings. The molecule has 162 valence electrons. The number of rotatable bonds is 6. The Bertz CT molecular complexity index is 1310. The van der Waals surface area contributed by atoms with Crippen LogP contribution in [0.2, 0.25) is 0 Å². The van der Waals surface area contributed by atoms with Crippen LogP contribution in [-0.4, -0.2) is 28.4 Å². The van der Waals surface area contributed by atoms with Crippen LogP contribution in [0, 0.1) is 6.92 Å². The molecule has 2 amide bonds. The van der Waals surface area contributed by atoms with Crippen molar-refractivity contribution < 1.29 is 9.59 Å². The SMILES string of the molecule is CNC(=O)c1cnc(Nc2ccccc2C)c(NC(=O)Cc2cn(C)c3ccccc23)c1. The number of aryl methyl sites for hydroxylation is 2. The van der Waals surface area contributed by atoms with Crippen LogP contribution >= 0.6 is 0 Å². The highest BCUT2D eigenvalue weighted by atomic mass is 16.2. The molecule has 7 nitrogen and oxygen atoms in total. The summed E-state index contributed by atoms with van der Waals surface area (Å²) in [4.78, 5) is 29.5. The number of fused-ring (bicyclic) bond motifs is 1. The summed E-state index contributed by atoms with van der Waals surface area (Å²) in [5.41, 5.74) is 4.72. The normalized spacial score (nSPS) is 10.7. The fourth-order valence-electron chi connectivity index (χ4n) is 3.70. The maximum atomic E-state index is 13.0. The first kappa shape index (κ1) is 21.1. The molecule has 32 heavy (non-hydrogen) atoms. The standard InChI is InChI=1S/C25H25N5O2/c1-16-8-4-6-10-20(16)29-24-21(12-17(14-27-24)25(32)26-2)28-23(31)13-18-15-30(3)22-11-7-5-9-19(18)22/h4-12,14-15H,13H2,1-3H3,(H,26,32)(H,27,29)(H,28,31). The van der Waals surface area contributed by atoms with E-state index >= 15 is 0 Å². The number of carbonyl (C=O) groups is 2. The van der Waals surface area contributed by atoms with Gasteiger partial charge in [0, 0.05) is 43.1 Å². The number of anilines is 3. The van der Waals surface area contributed by atoms with Crippen LogP contribution in [0.25, 0.3) is 10.9 Å². The Labute approximate surface area is 186 Å². The van der Waals surface area contributed by atoms with E-state index < -0.39 is 0 Å². The van der Waals surface area contributed by atoms with Gasteiger partial charge in [0.2, 0.25) is 5.91 Å². The summed E-state index contributed by atoms with van der Waals surface area (Å²) in [6.45, 7) is 1.99. The van der Waals surface area contributed by atoms with Gasteiger partial charge in [-0.25, -0.2) is 4.98 Å². The monoisotopic (exact) mass is 427 g/mol. The molecule has 0 spiro atoms. The average Bonchev–Trinajstić information content (AvgIpc) is 3.11. The van der Waals surface area contributed by atoms with Crippen molar-refractivity contribution in [3.05, 3.63) is 83.7 Å². The highest BCUT2D eigenvalue weighted by Crippen LogP contribution is 2.27. The van der Waals surface area contributed by atoms with Gasteiger partial charge in [0.15, 0.2) is 5.82 Å². The maximum Gasteiger partial charge on any atom is 0.252 e. The minimum absolute atomic E-state index is 0.190. The molecule has 0 aliphatic rings. The predicted octanol–water partition coefficient (Wildman–Crippen LogP) is 4.17. The Balaban J connectivity index is 1.63. The van der Waals surface area contributed by atoms with Gasteiger partial charge < -0.3 is 20.5 Å². The molecule has 0 unspecified atom stereocenters. The third-order valence-electron chi connectivity index (χ3n) is 5.38. The molecular weight excluding hydrogens is 402 g/mol. The van der Waals surface area contributed by atoms with E-state index in [9.17, 15) is 9.59 Å². The van der Waals surface area contributed by atoms with Crippen molar-refractivity contribution in [2.45, 2.75) is 13.3 Å². The molecule has 0 radical (unpaired) electrons. The summed E-state index contributed by atoms with van der Waals surface area (Å²) in [6, 6.07) is 17.4. The van der Waals surface area contributed by atoms with E-state index in [2.05, 4.69) is 20.9 Å². The van der Waals surface area contributed by atoms with Crippen molar-refractivity contribution in [1.29, 1.82) is 0 Å². The Hall–Kier alpha value is -4.13. The van der Waals surface area contributed by atoms with Crippen LogP contribution in [-0.2, 0) is 18.3 Å². The molecule has 2 aromatic heterocycles. The zero-order valence-corrected chi connectivity index (χ0v) is 18.3. The first-order valence-corrected chi connectivity index (χ1v) is 10.3. The zero-order valence-electron chi connectivity index (χ0n) is 18.3. The highest BCUT2D eigenvalue weighted by Gasteiger charge is 2.16. The van der Waals surface area contributed by atoms with E-state index in [1.165, 1.54) is 6.20 Å². The van der Waals surface area contributed by atoms with Gasteiger partial charge in [-0.2, -0.15) is 0 Å². The van der Waals surface area contributed by atoms with Gasteiger partial charge in [-0.1, -0.05) is 36.4 Å². The first-order chi connectivity index (χ1) is 15.5. The molecule has 4 rings (SSSR count). The molecule has 0 bridgehead atoms. The molecule has 7 heteroatoms. The first-order valence-electron chi connectivity index (χ1n) is 10.3. The number of amides is 2. The zero-order chi connectivity index (χ0) is 22.7. The van der Waals surface area contributed by atoms with Gasteiger partial charge in [-0.05, 0) is 36.2 Å². The number of carbonyl (C=O) groups excluding carboxylic acids is 2. The molecule has 0 aliphatic heterocycles. The van der Waals surface area contributed by atoms with E-state index in [4.69, 9.17) is 0 Å². The molecule has 2 aromatic carbocycles. The third kappa shape index (κ3) is 4.32. The van der Waals surface area contributed by atoms with E-state index in [1.54, 1.807) is 13.1 Å². The van der Waals surface area contributed by atoms with E-state index in [1.807, 2.05) is 73.3 Å². The van der Waals surface area contributed by atoms with Crippen LogP contribution < -0.4 is 16.0 Å². The number of benzene rings is 2. The lowest BCUT2D eigenvalue weighted by Gasteiger charge is -2.15. The third-order valence-corrected chi connectivity index (χ3v) is 5.38. The second-order valence-corrected chi connectivity index (χ2v) is 7.65. The van der Waals surface area contributed by atoms with Gasteiger partial charge >= 0.3 is 0 Å². The van der Waals surface area contributed by atoms with Crippen molar-refractivity contribution >= 4 is 39.9 Å². The Morgan fingerprint density at radius 3 is 2.56 bits per heavy atom. The van der Waals surface area contributed by atoms with Crippen LogP contribution in [0.1, 0.15) is 21.5 Å². The molecule has 0 aliphatic carbocycles. The second kappa shape index (κ2) is 8.93.